The number of sulfonamides is 2. The second-order valence-electron chi connectivity index (χ2n) is 7.84. The minimum absolute atomic E-state index is 0.0311. The molecule has 2 N–H and O–H groups in total. The van der Waals surface area contributed by atoms with E-state index in [1.807, 2.05) is 24.3 Å². The molecular weight excluding hydrogens is 408 g/mol. The van der Waals surface area contributed by atoms with E-state index in [9.17, 15) is 16.8 Å². The average molecular weight is 435 g/mol. The maximum absolute atomic E-state index is 12.9. The standard InChI is InChI=1S/C21H26N2O4S2/c24-28(25,22-17-8-2-3-9-17)18-12-14-19(15-13-18)29(26,27)23-21-11-5-7-16-6-1-4-10-20(16)21/h1,4,6,10,12-15,17,21-23H,2-3,5,7-9,11H2/t21-/m1/s1. The van der Waals surface area contributed by atoms with E-state index < -0.39 is 20.0 Å². The van der Waals surface area contributed by atoms with Gasteiger partial charge in [-0.3, -0.25) is 0 Å². The van der Waals surface area contributed by atoms with Crippen LogP contribution < -0.4 is 9.44 Å². The summed E-state index contributed by atoms with van der Waals surface area (Å²) >= 11 is 0. The topological polar surface area (TPSA) is 92.3 Å². The Bertz CT molecular complexity index is 1070. The Labute approximate surface area is 172 Å². The highest BCUT2D eigenvalue weighted by atomic mass is 32.2. The maximum atomic E-state index is 12.9. The zero-order valence-electron chi connectivity index (χ0n) is 16.2. The van der Waals surface area contributed by atoms with E-state index >= 15 is 0 Å². The third-order valence-corrected chi connectivity index (χ3v) is 8.81. The lowest BCUT2D eigenvalue weighted by molar-refractivity contribution is 0.507. The molecule has 0 saturated heterocycles. The molecule has 0 bridgehead atoms. The molecule has 0 unspecified atom stereocenters. The molecule has 29 heavy (non-hydrogen) atoms. The van der Waals surface area contributed by atoms with Crippen molar-refractivity contribution < 1.29 is 16.8 Å². The highest BCUT2D eigenvalue weighted by molar-refractivity contribution is 7.90. The molecule has 2 aromatic carbocycles. The van der Waals surface area contributed by atoms with Crippen LogP contribution in [0.5, 0.6) is 0 Å². The van der Waals surface area contributed by atoms with Crippen molar-refractivity contribution in [3.63, 3.8) is 0 Å². The summed E-state index contributed by atoms with van der Waals surface area (Å²) in [5.41, 5.74) is 2.19. The molecule has 1 saturated carbocycles. The van der Waals surface area contributed by atoms with Crippen LogP contribution in [0.3, 0.4) is 0 Å². The summed E-state index contributed by atoms with van der Waals surface area (Å²) in [5.74, 6) is 0. The van der Waals surface area contributed by atoms with Crippen LogP contribution in [0.4, 0.5) is 0 Å². The van der Waals surface area contributed by atoms with Gasteiger partial charge in [0.15, 0.2) is 0 Å². The Morgan fingerprint density at radius 1 is 0.690 bits per heavy atom. The normalized spacial score (nSPS) is 20.5. The van der Waals surface area contributed by atoms with Gasteiger partial charge < -0.3 is 0 Å². The van der Waals surface area contributed by atoms with Gasteiger partial charge in [-0.2, -0.15) is 0 Å². The van der Waals surface area contributed by atoms with Gasteiger partial charge in [-0.25, -0.2) is 26.3 Å². The van der Waals surface area contributed by atoms with Gasteiger partial charge in [-0.15, -0.1) is 0 Å². The molecule has 8 heteroatoms. The molecule has 0 heterocycles. The summed E-state index contributed by atoms with van der Waals surface area (Å²) < 4.78 is 56.3. The van der Waals surface area contributed by atoms with Gasteiger partial charge in [-0.05, 0) is 67.5 Å². The largest absolute Gasteiger partial charge is 0.241 e. The number of nitrogens with one attached hydrogen (secondary N) is 2. The van der Waals surface area contributed by atoms with Crippen molar-refractivity contribution in [2.75, 3.05) is 0 Å². The summed E-state index contributed by atoms with van der Waals surface area (Å²) in [7, 11) is -7.39. The Hall–Kier alpha value is -1.74. The Kier molecular flexibility index (Phi) is 5.79. The van der Waals surface area contributed by atoms with Gasteiger partial charge in [0, 0.05) is 12.1 Å². The molecule has 156 valence electrons. The first-order chi connectivity index (χ1) is 13.9. The van der Waals surface area contributed by atoms with Crippen molar-refractivity contribution in [1.29, 1.82) is 0 Å². The van der Waals surface area contributed by atoms with E-state index in [-0.39, 0.29) is 21.9 Å². The fraction of sp³-hybridized carbons (Fsp3) is 0.429. The van der Waals surface area contributed by atoms with E-state index in [1.54, 1.807) is 0 Å². The lowest BCUT2D eigenvalue weighted by Gasteiger charge is -2.26. The van der Waals surface area contributed by atoms with Gasteiger partial charge in [0.25, 0.3) is 0 Å². The maximum Gasteiger partial charge on any atom is 0.241 e. The molecule has 2 aliphatic rings. The lowest BCUT2D eigenvalue weighted by Crippen LogP contribution is -2.33. The van der Waals surface area contributed by atoms with Crippen LogP contribution in [0.15, 0.2) is 58.3 Å². The molecule has 6 nitrogen and oxygen atoms in total. The highest BCUT2D eigenvalue weighted by Gasteiger charge is 2.27. The van der Waals surface area contributed by atoms with Crippen LogP contribution in [0, 0.1) is 0 Å². The second-order valence-corrected chi connectivity index (χ2v) is 11.3. The summed E-state index contributed by atoms with van der Waals surface area (Å²) in [5, 5.41) is 0. The third kappa shape index (κ3) is 4.55. The first-order valence-corrected chi connectivity index (χ1v) is 13.0. The van der Waals surface area contributed by atoms with Crippen LogP contribution in [0.1, 0.15) is 55.7 Å². The smallest absolute Gasteiger partial charge is 0.208 e. The van der Waals surface area contributed by atoms with Crippen LogP contribution in [0.2, 0.25) is 0 Å². The minimum Gasteiger partial charge on any atom is -0.208 e. The number of fused-ring (bicyclic) bond motifs is 1. The quantitative estimate of drug-likeness (QED) is 0.730. The predicted octanol–water partition coefficient (Wildman–Crippen LogP) is 3.26. The number of rotatable bonds is 6. The summed E-state index contributed by atoms with van der Waals surface area (Å²) in [6, 6.07) is 13.0. The minimum atomic E-state index is -3.75. The van der Waals surface area contributed by atoms with E-state index in [0.29, 0.717) is 0 Å². The average Bonchev–Trinajstić information content (AvgIpc) is 3.20. The fourth-order valence-electron chi connectivity index (χ4n) is 4.26. The van der Waals surface area contributed by atoms with Crippen molar-refractivity contribution >= 4 is 20.0 Å². The molecule has 1 atom stereocenters. The SMILES string of the molecule is O=S(=O)(NC1CCCC1)c1ccc(S(=O)(=O)N[C@@H]2CCCc3ccccc32)cc1. The molecule has 1 fully saturated rings. The number of hydrogen-bond donors (Lipinski definition) is 2. The van der Waals surface area contributed by atoms with Gasteiger partial charge in [0.05, 0.1) is 9.79 Å². The zero-order chi connectivity index (χ0) is 20.5. The summed E-state index contributed by atoms with van der Waals surface area (Å²) in [6.07, 6.45) is 6.37. The number of aryl methyl sites for hydroxylation is 1. The Balaban J connectivity index is 1.51. The lowest BCUT2D eigenvalue weighted by atomic mass is 9.88. The van der Waals surface area contributed by atoms with Crippen LogP contribution in [0.25, 0.3) is 0 Å². The zero-order valence-corrected chi connectivity index (χ0v) is 17.8. The molecule has 0 aromatic heterocycles. The predicted molar refractivity (Wildman–Crippen MR) is 111 cm³/mol. The molecule has 2 aromatic rings. The van der Waals surface area contributed by atoms with Crippen molar-refractivity contribution in [1.82, 2.24) is 9.44 Å². The molecule has 0 spiro atoms. The van der Waals surface area contributed by atoms with Crippen LogP contribution >= 0.6 is 0 Å². The molecular formula is C21H26N2O4S2. The van der Waals surface area contributed by atoms with E-state index in [4.69, 9.17) is 0 Å². The van der Waals surface area contributed by atoms with Gasteiger partial charge in [0.2, 0.25) is 20.0 Å². The fourth-order valence-corrected chi connectivity index (χ4v) is 6.82. The van der Waals surface area contributed by atoms with Gasteiger partial charge >= 0.3 is 0 Å². The van der Waals surface area contributed by atoms with Gasteiger partial charge in [0.1, 0.15) is 0 Å². The number of benzene rings is 2. The second kappa shape index (κ2) is 8.18. The van der Waals surface area contributed by atoms with Crippen molar-refractivity contribution in [3.05, 3.63) is 59.7 Å². The van der Waals surface area contributed by atoms with Gasteiger partial charge in [-0.1, -0.05) is 37.1 Å². The Morgan fingerprint density at radius 3 is 1.93 bits per heavy atom. The first-order valence-electron chi connectivity index (χ1n) is 10.1. The van der Waals surface area contributed by atoms with Crippen LogP contribution in [-0.4, -0.2) is 22.9 Å². The highest BCUT2D eigenvalue weighted by Crippen LogP contribution is 2.31. The summed E-state index contributed by atoms with van der Waals surface area (Å²) in [6.45, 7) is 0. The van der Waals surface area contributed by atoms with E-state index in [2.05, 4.69) is 9.44 Å². The monoisotopic (exact) mass is 434 g/mol. The molecule has 0 radical (unpaired) electrons. The van der Waals surface area contributed by atoms with E-state index in [0.717, 1.165) is 50.5 Å². The molecule has 2 aliphatic carbocycles. The molecule has 0 amide bonds. The van der Waals surface area contributed by atoms with Crippen LogP contribution in [-0.2, 0) is 26.5 Å². The van der Waals surface area contributed by atoms with Crippen molar-refractivity contribution in [3.8, 4) is 0 Å². The summed E-state index contributed by atoms with van der Waals surface area (Å²) in [4.78, 5) is 0.159. The third-order valence-electron chi connectivity index (χ3n) is 5.79. The van der Waals surface area contributed by atoms with Crippen molar-refractivity contribution in [2.24, 2.45) is 0 Å². The molecule has 4 rings (SSSR count). The van der Waals surface area contributed by atoms with E-state index in [1.165, 1.54) is 29.8 Å². The number of hydrogen-bond acceptors (Lipinski definition) is 4. The van der Waals surface area contributed by atoms with Crippen molar-refractivity contribution in [2.45, 2.75) is 66.8 Å². The Morgan fingerprint density at radius 2 is 1.28 bits per heavy atom. The first kappa shape index (κ1) is 20.5. The molecule has 0 aliphatic heterocycles.